The molecule has 0 aliphatic rings. The molecule has 2 heterocycles. The van der Waals surface area contributed by atoms with E-state index in [1.54, 1.807) is 12.4 Å². The van der Waals surface area contributed by atoms with Gasteiger partial charge in [-0.15, -0.1) is 10.2 Å². The Morgan fingerprint density at radius 2 is 1.80 bits per heavy atom. The predicted molar refractivity (Wildman–Crippen MR) is 120 cm³/mol. The summed E-state index contributed by atoms with van der Waals surface area (Å²) < 4.78 is 2.00. The van der Waals surface area contributed by atoms with Gasteiger partial charge in [-0.3, -0.25) is 14.3 Å². The first-order chi connectivity index (χ1) is 14.6. The third-order valence-corrected chi connectivity index (χ3v) is 5.49. The van der Waals surface area contributed by atoms with Crippen molar-refractivity contribution in [3.8, 4) is 17.1 Å². The molecule has 0 unspecified atom stereocenters. The number of rotatable bonds is 6. The molecule has 0 aliphatic carbocycles. The zero-order valence-electron chi connectivity index (χ0n) is 16.7. The number of thioether (sulfide) groups is 1. The number of carbonyl (C=O) groups excluding carboxylic acids is 1. The summed E-state index contributed by atoms with van der Waals surface area (Å²) in [5.74, 6) is 0.859. The topological polar surface area (TPSA) is 72.7 Å². The van der Waals surface area contributed by atoms with Gasteiger partial charge in [-0.2, -0.15) is 0 Å². The number of nitrogens with one attached hydrogen (secondary N) is 1. The number of para-hydroxylation sites is 1. The standard InChI is InChI=1S/C23H21N5OS/c1-16-6-5-8-19(14-16)25-21(29)15-30-23-27-26-22(18-10-12-24-13-11-18)28(23)20-9-4-3-7-17(20)2/h3-14H,15H2,1-2H3,(H,25,29). The molecule has 150 valence electrons. The van der Waals surface area contributed by atoms with Gasteiger partial charge in [-0.25, -0.2) is 0 Å². The van der Waals surface area contributed by atoms with E-state index in [-0.39, 0.29) is 11.7 Å². The Morgan fingerprint density at radius 1 is 1.00 bits per heavy atom. The van der Waals surface area contributed by atoms with Crippen LogP contribution in [0.2, 0.25) is 0 Å². The Labute approximate surface area is 179 Å². The molecule has 6 nitrogen and oxygen atoms in total. The first-order valence-electron chi connectivity index (χ1n) is 9.53. The molecule has 0 aliphatic heterocycles. The van der Waals surface area contributed by atoms with Crippen molar-refractivity contribution in [3.05, 3.63) is 84.2 Å². The quantitative estimate of drug-likeness (QED) is 0.463. The molecular formula is C23H21N5OS. The van der Waals surface area contributed by atoms with Crippen molar-refractivity contribution >= 4 is 23.4 Å². The minimum Gasteiger partial charge on any atom is -0.325 e. The molecule has 7 heteroatoms. The first-order valence-corrected chi connectivity index (χ1v) is 10.5. The number of pyridine rings is 1. The van der Waals surface area contributed by atoms with Gasteiger partial charge in [0.2, 0.25) is 5.91 Å². The van der Waals surface area contributed by atoms with Crippen molar-refractivity contribution in [3.63, 3.8) is 0 Å². The van der Waals surface area contributed by atoms with Gasteiger partial charge in [0.25, 0.3) is 0 Å². The average Bonchev–Trinajstić information content (AvgIpc) is 3.17. The molecule has 0 bridgehead atoms. The number of aromatic nitrogens is 4. The van der Waals surface area contributed by atoms with Crippen LogP contribution in [0.4, 0.5) is 5.69 Å². The van der Waals surface area contributed by atoms with Gasteiger partial charge in [0.1, 0.15) is 0 Å². The molecule has 0 radical (unpaired) electrons. The third-order valence-electron chi connectivity index (χ3n) is 4.56. The molecule has 4 rings (SSSR count). The van der Waals surface area contributed by atoms with Crippen molar-refractivity contribution in [1.82, 2.24) is 19.7 Å². The van der Waals surface area contributed by atoms with E-state index >= 15 is 0 Å². The highest BCUT2D eigenvalue weighted by Crippen LogP contribution is 2.29. The number of benzene rings is 2. The van der Waals surface area contributed by atoms with Crippen LogP contribution in [0.5, 0.6) is 0 Å². The smallest absolute Gasteiger partial charge is 0.234 e. The van der Waals surface area contributed by atoms with Crippen LogP contribution in [0.15, 0.2) is 78.2 Å². The van der Waals surface area contributed by atoms with E-state index in [2.05, 4.69) is 20.5 Å². The lowest BCUT2D eigenvalue weighted by Crippen LogP contribution is -2.14. The minimum absolute atomic E-state index is 0.0876. The largest absolute Gasteiger partial charge is 0.325 e. The predicted octanol–water partition coefficient (Wildman–Crippen LogP) is 4.68. The SMILES string of the molecule is Cc1cccc(NC(=O)CSc2nnc(-c3ccncc3)n2-c2ccccc2C)c1. The van der Waals surface area contributed by atoms with Crippen molar-refractivity contribution in [1.29, 1.82) is 0 Å². The molecule has 0 saturated carbocycles. The van der Waals surface area contributed by atoms with Crippen LogP contribution in [0.3, 0.4) is 0 Å². The second kappa shape index (κ2) is 8.92. The van der Waals surface area contributed by atoms with E-state index < -0.39 is 0 Å². The maximum Gasteiger partial charge on any atom is 0.234 e. The fourth-order valence-corrected chi connectivity index (χ4v) is 3.88. The molecule has 2 aromatic heterocycles. The Hall–Kier alpha value is -3.45. The van der Waals surface area contributed by atoms with Crippen LogP contribution in [-0.2, 0) is 4.79 Å². The summed E-state index contributed by atoms with van der Waals surface area (Å²) in [6.07, 6.45) is 3.46. The van der Waals surface area contributed by atoms with Crippen molar-refractivity contribution in [2.24, 2.45) is 0 Å². The summed E-state index contributed by atoms with van der Waals surface area (Å²) in [7, 11) is 0. The molecule has 4 aromatic rings. The molecule has 2 aromatic carbocycles. The van der Waals surface area contributed by atoms with E-state index in [4.69, 9.17) is 0 Å². The Balaban J connectivity index is 1.61. The van der Waals surface area contributed by atoms with Crippen LogP contribution < -0.4 is 5.32 Å². The number of amides is 1. The molecule has 30 heavy (non-hydrogen) atoms. The maximum atomic E-state index is 12.5. The minimum atomic E-state index is -0.0876. The summed E-state index contributed by atoms with van der Waals surface area (Å²) in [5, 5.41) is 12.4. The van der Waals surface area contributed by atoms with Gasteiger partial charge < -0.3 is 5.32 Å². The van der Waals surface area contributed by atoms with Crippen molar-refractivity contribution in [2.45, 2.75) is 19.0 Å². The van der Waals surface area contributed by atoms with Crippen LogP contribution in [0.25, 0.3) is 17.1 Å². The number of anilines is 1. The molecule has 0 saturated heterocycles. The fraction of sp³-hybridized carbons (Fsp3) is 0.130. The lowest BCUT2D eigenvalue weighted by Gasteiger charge is -2.13. The number of hydrogen-bond donors (Lipinski definition) is 1. The number of aryl methyl sites for hydroxylation is 2. The number of carbonyl (C=O) groups is 1. The Bertz CT molecular complexity index is 1170. The zero-order valence-corrected chi connectivity index (χ0v) is 17.6. The maximum absolute atomic E-state index is 12.5. The Morgan fingerprint density at radius 3 is 2.57 bits per heavy atom. The lowest BCUT2D eigenvalue weighted by atomic mass is 10.2. The van der Waals surface area contributed by atoms with Crippen molar-refractivity contribution in [2.75, 3.05) is 11.1 Å². The molecular weight excluding hydrogens is 394 g/mol. The van der Waals surface area contributed by atoms with Gasteiger partial charge in [-0.05, 0) is 55.3 Å². The molecule has 1 N–H and O–H groups in total. The number of hydrogen-bond acceptors (Lipinski definition) is 5. The van der Waals surface area contributed by atoms with Crippen molar-refractivity contribution < 1.29 is 4.79 Å². The summed E-state index contributed by atoms with van der Waals surface area (Å²) >= 11 is 1.36. The van der Waals surface area contributed by atoms with Gasteiger partial charge in [-0.1, -0.05) is 42.1 Å². The zero-order chi connectivity index (χ0) is 20.9. The summed E-state index contributed by atoms with van der Waals surface area (Å²) in [4.78, 5) is 16.6. The monoisotopic (exact) mass is 415 g/mol. The van der Waals surface area contributed by atoms with Gasteiger partial charge in [0, 0.05) is 23.6 Å². The molecule has 0 spiro atoms. The second-order valence-corrected chi connectivity index (χ2v) is 7.81. The van der Waals surface area contributed by atoms with E-state index in [0.717, 1.165) is 28.1 Å². The normalized spacial score (nSPS) is 10.7. The van der Waals surface area contributed by atoms with E-state index in [1.165, 1.54) is 11.8 Å². The van der Waals surface area contributed by atoms with Crippen LogP contribution in [0.1, 0.15) is 11.1 Å². The molecule has 1 amide bonds. The number of nitrogens with zero attached hydrogens (tertiary/aromatic N) is 4. The van der Waals surface area contributed by atoms with E-state index in [0.29, 0.717) is 11.0 Å². The average molecular weight is 416 g/mol. The van der Waals surface area contributed by atoms with E-state index in [1.807, 2.05) is 79.1 Å². The van der Waals surface area contributed by atoms with Crippen LogP contribution >= 0.6 is 11.8 Å². The highest BCUT2D eigenvalue weighted by Gasteiger charge is 2.18. The van der Waals surface area contributed by atoms with E-state index in [9.17, 15) is 4.79 Å². The third kappa shape index (κ3) is 4.41. The Kier molecular flexibility index (Phi) is 5.90. The molecule has 0 fully saturated rings. The highest BCUT2D eigenvalue weighted by atomic mass is 32.2. The first kappa shape index (κ1) is 19.8. The van der Waals surface area contributed by atoms with Crippen LogP contribution in [0, 0.1) is 13.8 Å². The van der Waals surface area contributed by atoms with Gasteiger partial charge in [0.15, 0.2) is 11.0 Å². The summed E-state index contributed by atoms with van der Waals surface area (Å²) in [6, 6.07) is 19.6. The van der Waals surface area contributed by atoms with Gasteiger partial charge >= 0.3 is 0 Å². The van der Waals surface area contributed by atoms with Crippen LogP contribution in [-0.4, -0.2) is 31.4 Å². The van der Waals surface area contributed by atoms with Gasteiger partial charge in [0.05, 0.1) is 11.4 Å². The molecule has 0 atom stereocenters. The lowest BCUT2D eigenvalue weighted by molar-refractivity contribution is -0.113. The highest BCUT2D eigenvalue weighted by molar-refractivity contribution is 7.99. The summed E-state index contributed by atoms with van der Waals surface area (Å²) in [6.45, 7) is 4.04. The summed E-state index contributed by atoms with van der Waals surface area (Å²) in [5.41, 5.74) is 4.88. The second-order valence-electron chi connectivity index (χ2n) is 6.87. The fourth-order valence-electron chi connectivity index (χ4n) is 3.13.